The number of aryl methyl sites for hydroxylation is 2. The first kappa shape index (κ1) is 19.5. The summed E-state index contributed by atoms with van der Waals surface area (Å²) < 4.78 is 1.94. The number of aromatic nitrogens is 1. The fourth-order valence-electron chi connectivity index (χ4n) is 3.14. The van der Waals surface area contributed by atoms with E-state index in [-0.39, 0.29) is 17.2 Å². The highest BCUT2D eigenvalue weighted by atomic mass is 35.5. The average molecular weight is 399 g/mol. The van der Waals surface area contributed by atoms with E-state index in [9.17, 15) is 14.7 Å². The summed E-state index contributed by atoms with van der Waals surface area (Å²) in [6, 6.07) is 13.8. The number of carbonyl (C=O) groups is 2. The lowest BCUT2D eigenvalue weighted by Crippen LogP contribution is -2.12. The molecule has 0 aliphatic rings. The summed E-state index contributed by atoms with van der Waals surface area (Å²) in [5.74, 6) is -1.42. The van der Waals surface area contributed by atoms with Gasteiger partial charge in [-0.2, -0.15) is 0 Å². The number of carboxylic acids is 1. The molecule has 3 aromatic rings. The number of nitrogens with two attached hydrogens (primary N) is 1. The maximum absolute atomic E-state index is 11.5. The van der Waals surface area contributed by atoms with E-state index in [4.69, 9.17) is 22.4 Å². The number of carbonyl (C=O) groups excluding carboxylic acids is 1. The number of carboxylic acid groups (broad SMARTS) is 1. The molecule has 0 fully saturated rings. The summed E-state index contributed by atoms with van der Waals surface area (Å²) >= 11 is 6.07. The zero-order valence-electron chi connectivity index (χ0n) is 15.1. The Hall–Kier alpha value is -3.25. The van der Waals surface area contributed by atoms with Gasteiger partial charge >= 0.3 is 5.97 Å². The van der Waals surface area contributed by atoms with Gasteiger partial charge in [0.15, 0.2) is 0 Å². The Bertz CT molecular complexity index is 1070. The molecule has 1 amide bonds. The summed E-state index contributed by atoms with van der Waals surface area (Å²) in [7, 11) is 0. The lowest BCUT2D eigenvalue weighted by Gasteiger charge is -2.17. The molecule has 6 nitrogen and oxygen atoms in total. The van der Waals surface area contributed by atoms with Crippen LogP contribution in [0.1, 0.15) is 28.0 Å². The van der Waals surface area contributed by atoms with Gasteiger partial charge < -0.3 is 20.5 Å². The van der Waals surface area contributed by atoms with Crippen LogP contribution in [0.4, 0.5) is 0 Å². The van der Waals surface area contributed by atoms with Gasteiger partial charge in [0.05, 0.1) is 17.1 Å². The normalized spacial score (nSPS) is 10.8. The minimum absolute atomic E-state index is 0.0157. The molecule has 28 heavy (non-hydrogen) atoms. The molecule has 4 N–H and O–H groups in total. The number of hydrogen-bond donors (Lipinski definition) is 3. The molecule has 7 heteroatoms. The van der Waals surface area contributed by atoms with Gasteiger partial charge in [-0.25, -0.2) is 0 Å². The number of rotatable bonds is 6. The zero-order chi connectivity index (χ0) is 20.4. The Kier molecular flexibility index (Phi) is 5.42. The Morgan fingerprint density at radius 3 is 2.46 bits per heavy atom. The van der Waals surface area contributed by atoms with Gasteiger partial charge in [-0.1, -0.05) is 11.6 Å². The molecule has 0 aliphatic carbocycles. The third-order valence-corrected chi connectivity index (χ3v) is 4.83. The van der Waals surface area contributed by atoms with E-state index in [0.717, 1.165) is 28.2 Å². The zero-order valence-corrected chi connectivity index (χ0v) is 15.9. The molecule has 0 radical (unpaired) electrons. The molecule has 0 unspecified atom stereocenters. The van der Waals surface area contributed by atoms with Crippen LogP contribution in [0.25, 0.3) is 16.9 Å². The molecule has 2 aromatic carbocycles. The molecule has 0 aliphatic heterocycles. The third-order valence-electron chi connectivity index (χ3n) is 4.52. The first-order chi connectivity index (χ1) is 13.3. The van der Waals surface area contributed by atoms with Crippen LogP contribution in [0.5, 0.6) is 5.75 Å². The molecule has 1 heterocycles. The van der Waals surface area contributed by atoms with Crippen molar-refractivity contribution in [2.75, 3.05) is 0 Å². The summed E-state index contributed by atoms with van der Waals surface area (Å²) in [6.07, 6.45) is 0.316. The van der Waals surface area contributed by atoms with Gasteiger partial charge in [0.25, 0.3) is 0 Å². The van der Waals surface area contributed by atoms with E-state index in [1.807, 2.05) is 23.6 Å². The number of halogens is 1. The van der Waals surface area contributed by atoms with Crippen molar-refractivity contribution in [3.8, 4) is 22.7 Å². The van der Waals surface area contributed by atoms with E-state index in [2.05, 4.69) is 0 Å². The summed E-state index contributed by atoms with van der Waals surface area (Å²) in [5, 5.41) is 19.0. The molecule has 0 bridgehead atoms. The fourth-order valence-corrected chi connectivity index (χ4v) is 3.33. The van der Waals surface area contributed by atoms with Crippen molar-refractivity contribution in [1.82, 2.24) is 4.57 Å². The van der Waals surface area contributed by atoms with Gasteiger partial charge in [0, 0.05) is 22.5 Å². The van der Waals surface area contributed by atoms with Crippen molar-refractivity contribution in [2.45, 2.75) is 19.8 Å². The lowest BCUT2D eigenvalue weighted by atomic mass is 10.1. The maximum Gasteiger partial charge on any atom is 0.303 e. The molecular weight excluding hydrogens is 380 g/mol. The number of aromatic hydroxyl groups is 1. The van der Waals surface area contributed by atoms with Crippen LogP contribution in [0.2, 0.25) is 5.02 Å². The van der Waals surface area contributed by atoms with Crippen molar-refractivity contribution in [3.63, 3.8) is 0 Å². The van der Waals surface area contributed by atoms with Crippen LogP contribution in [0.3, 0.4) is 0 Å². The third kappa shape index (κ3) is 3.87. The highest BCUT2D eigenvalue weighted by Crippen LogP contribution is 2.33. The number of amides is 1. The molecule has 0 atom stereocenters. The van der Waals surface area contributed by atoms with Crippen molar-refractivity contribution in [3.05, 3.63) is 70.4 Å². The van der Waals surface area contributed by atoms with Gasteiger partial charge in [-0.3, -0.25) is 9.59 Å². The molecule has 1 aromatic heterocycles. The van der Waals surface area contributed by atoms with Crippen LogP contribution in [-0.4, -0.2) is 26.7 Å². The standard InChI is InChI=1S/C21H19ClN2O4/c1-12-10-14(21(23)28)2-6-17(12)24-15(5-9-20(26)27)4-7-18(24)13-3-8-19(25)16(22)11-13/h2-4,6-8,10-11,25H,5,9H2,1H3,(H2,23,28)(H,26,27). The quantitative estimate of drug-likeness (QED) is 0.585. The van der Waals surface area contributed by atoms with Crippen LogP contribution in [-0.2, 0) is 11.2 Å². The topological polar surface area (TPSA) is 106 Å². The molecular formula is C21H19ClN2O4. The van der Waals surface area contributed by atoms with E-state index in [0.29, 0.717) is 12.0 Å². The van der Waals surface area contributed by atoms with Gasteiger partial charge in [-0.05, 0) is 67.4 Å². The van der Waals surface area contributed by atoms with E-state index in [1.165, 1.54) is 6.07 Å². The number of aliphatic carboxylic acids is 1. The molecule has 3 rings (SSSR count). The number of primary amides is 1. The minimum Gasteiger partial charge on any atom is -0.506 e. The molecule has 0 saturated carbocycles. The number of benzene rings is 2. The monoisotopic (exact) mass is 398 g/mol. The number of phenolic OH excluding ortho intramolecular Hbond substituents is 1. The maximum atomic E-state index is 11.5. The Morgan fingerprint density at radius 2 is 1.86 bits per heavy atom. The Balaban J connectivity index is 2.18. The highest BCUT2D eigenvalue weighted by molar-refractivity contribution is 6.32. The van der Waals surface area contributed by atoms with Gasteiger partial charge in [0.1, 0.15) is 5.75 Å². The first-order valence-electron chi connectivity index (χ1n) is 8.60. The van der Waals surface area contributed by atoms with Crippen molar-refractivity contribution in [2.24, 2.45) is 5.73 Å². The summed E-state index contributed by atoms with van der Waals surface area (Å²) in [6.45, 7) is 1.86. The Labute approximate surface area is 166 Å². The largest absolute Gasteiger partial charge is 0.506 e. The van der Waals surface area contributed by atoms with E-state index < -0.39 is 11.9 Å². The number of nitrogens with zero attached hydrogens (tertiary/aromatic N) is 1. The number of hydrogen-bond acceptors (Lipinski definition) is 3. The first-order valence-corrected chi connectivity index (χ1v) is 8.98. The van der Waals surface area contributed by atoms with Crippen molar-refractivity contribution < 1.29 is 19.8 Å². The lowest BCUT2D eigenvalue weighted by molar-refractivity contribution is -0.136. The van der Waals surface area contributed by atoms with E-state index in [1.54, 1.807) is 30.3 Å². The van der Waals surface area contributed by atoms with Gasteiger partial charge in [0.2, 0.25) is 5.91 Å². The molecule has 0 saturated heterocycles. The van der Waals surface area contributed by atoms with Crippen LogP contribution in [0, 0.1) is 6.92 Å². The fraction of sp³-hybridized carbons (Fsp3) is 0.143. The highest BCUT2D eigenvalue weighted by Gasteiger charge is 2.16. The second kappa shape index (κ2) is 7.78. The number of phenols is 1. The van der Waals surface area contributed by atoms with Crippen molar-refractivity contribution >= 4 is 23.5 Å². The minimum atomic E-state index is -0.886. The second-order valence-electron chi connectivity index (χ2n) is 6.47. The predicted molar refractivity (Wildman–Crippen MR) is 107 cm³/mol. The summed E-state index contributed by atoms with van der Waals surface area (Å²) in [4.78, 5) is 22.5. The van der Waals surface area contributed by atoms with Crippen LogP contribution in [0.15, 0.2) is 48.5 Å². The second-order valence-corrected chi connectivity index (χ2v) is 6.88. The smallest absolute Gasteiger partial charge is 0.303 e. The average Bonchev–Trinajstić information content (AvgIpc) is 3.05. The molecule has 0 spiro atoms. The SMILES string of the molecule is Cc1cc(C(N)=O)ccc1-n1c(CCC(=O)O)ccc1-c1ccc(O)c(Cl)c1. The van der Waals surface area contributed by atoms with Crippen LogP contribution < -0.4 is 5.73 Å². The van der Waals surface area contributed by atoms with Crippen LogP contribution >= 0.6 is 11.6 Å². The Morgan fingerprint density at radius 1 is 1.11 bits per heavy atom. The predicted octanol–water partition coefficient (Wildman–Crippen LogP) is 3.93. The van der Waals surface area contributed by atoms with Gasteiger partial charge in [-0.15, -0.1) is 0 Å². The van der Waals surface area contributed by atoms with E-state index >= 15 is 0 Å². The summed E-state index contributed by atoms with van der Waals surface area (Å²) in [5.41, 5.74) is 9.74. The van der Waals surface area contributed by atoms with Crippen molar-refractivity contribution in [1.29, 1.82) is 0 Å². The molecule has 144 valence electrons.